The first-order chi connectivity index (χ1) is 11.7. The summed E-state index contributed by atoms with van der Waals surface area (Å²) in [6.45, 7) is 7.79. The summed E-state index contributed by atoms with van der Waals surface area (Å²) in [6.07, 6.45) is 1.46. The third-order valence-electron chi connectivity index (χ3n) is 3.84. The summed E-state index contributed by atoms with van der Waals surface area (Å²) in [7, 11) is 0. The standard InChI is InChI=1S/C19H26ClNO4/c1-5-24-17(22)16(13-6-8-14(20)9-7-13)12-21(15-10-11-15)18(23)25-19(2,3)4/h6-9,15-16H,5,10-12H2,1-4H3. The van der Waals surface area contributed by atoms with E-state index in [2.05, 4.69) is 0 Å². The van der Waals surface area contributed by atoms with Gasteiger partial charge in [-0.25, -0.2) is 4.79 Å². The van der Waals surface area contributed by atoms with Crippen molar-refractivity contribution >= 4 is 23.7 Å². The number of amides is 1. The lowest BCUT2D eigenvalue weighted by molar-refractivity contribution is -0.145. The number of nitrogens with zero attached hydrogens (tertiary/aromatic N) is 1. The highest BCUT2D eigenvalue weighted by molar-refractivity contribution is 6.30. The minimum atomic E-state index is -0.579. The molecule has 0 heterocycles. The number of ether oxygens (including phenoxy) is 2. The van der Waals surface area contributed by atoms with Gasteiger partial charge in [-0.15, -0.1) is 0 Å². The second-order valence-electron chi connectivity index (χ2n) is 7.22. The minimum absolute atomic E-state index is 0.124. The lowest BCUT2D eigenvalue weighted by atomic mass is 9.98. The Morgan fingerprint density at radius 2 is 1.84 bits per heavy atom. The van der Waals surface area contributed by atoms with E-state index in [1.165, 1.54) is 0 Å². The maximum absolute atomic E-state index is 12.6. The van der Waals surface area contributed by atoms with Gasteiger partial charge in [0, 0.05) is 17.6 Å². The van der Waals surface area contributed by atoms with Gasteiger partial charge in [-0.2, -0.15) is 0 Å². The van der Waals surface area contributed by atoms with Crippen molar-refractivity contribution in [2.75, 3.05) is 13.2 Å². The minimum Gasteiger partial charge on any atom is -0.465 e. The number of hydrogen-bond acceptors (Lipinski definition) is 4. The van der Waals surface area contributed by atoms with Crippen LogP contribution in [0.5, 0.6) is 0 Å². The SMILES string of the molecule is CCOC(=O)C(CN(C(=O)OC(C)(C)C)C1CC1)c1ccc(Cl)cc1. The Labute approximate surface area is 154 Å². The second-order valence-corrected chi connectivity index (χ2v) is 7.66. The van der Waals surface area contributed by atoms with Crippen LogP contribution in [0.1, 0.15) is 52.0 Å². The Kier molecular flexibility index (Phi) is 6.33. The van der Waals surface area contributed by atoms with Crippen molar-refractivity contribution in [2.24, 2.45) is 0 Å². The van der Waals surface area contributed by atoms with Gasteiger partial charge in [0.15, 0.2) is 0 Å². The molecular weight excluding hydrogens is 342 g/mol. The molecule has 0 aromatic heterocycles. The van der Waals surface area contributed by atoms with E-state index in [4.69, 9.17) is 21.1 Å². The number of esters is 1. The van der Waals surface area contributed by atoms with Crippen molar-refractivity contribution in [2.45, 2.75) is 58.1 Å². The Hall–Kier alpha value is -1.75. The van der Waals surface area contributed by atoms with E-state index < -0.39 is 17.6 Å². The highest BCUT2D eigenvalue weighted by Crippen LogP contribution is 2.31. The highest BCUT2D eigenvalue weighted by atomic mass is 35.5. The third kappa shape index (κ3) is 5.92. The molecule has 5 nitrogen and oxygen atoms in total. The molecule has 0 spiro atoms. The molecule has 138 valence electrons. The maximum Gasteiger partial charge on any atom is 0.410 e. The molecule has 0 aliphatic heterocycles. The monoisotopic (exact) mass is 367 g/mol. The molecule has 0 bridgehead atoms. The van der Waals surface area contributed by atoms with E-state index in [0.29, 0.717) is 11.6 Å². The Morgan fingerprint density at radius 3 is 2.32 bits per heavy atom. The summed E-state index contributed by atoms with van der Waals surface area (Å²) in [5, 5.41) is 0.595. The molecule has 2 rings (SSSR count). The Morgan fingerprint density at radius 1 is 1.24 bits per heavy atom. The zero-order chi connectivity index (χ0) is 18.6. The van der Waals surface area contributed by atoms with Crippen molar-refractivity contribution < 1.29 is 19.1 Å². The van der Waals surface area contributed by atoms with E-state index in [0.717, 1.165) is 18.4 Å². The fourth-order valence-electron chi connectivity index (χ4n) is 2.53. The smallest absolute Gasteiger partial charge is 0.410 e. The number of rotatable bonds is 6. The molecule has 1 atom stereocenters. The number of hydrogen-bond donors (Lipinski definition) is 0. The first-order valence-corrected chi connectivity index (χ1v) is 9.00. The molecule has 1 aliphatic rings. The molecule has 0 radical (unpaired) electrons. The summed E-state index contributed by atoms with van der Waals surface area (Å²) >= 11 is 5.95. The Balaban J connectivity index is 2.21. The molecule has 6 heteroatoms. The van der Waals surface area contributed by atoms with Crippen LogP contribution in [0.3, 0.4) is 0 Å². The molecule has 1 aliphatic carbocycles. The van der Waals surface area contributed by atoms with Crippen LogP contribution >= 0.6 is 11.6 Å². The molecule has 1 unspecified atom stereocenters. The zero-order valence-electron chi connectivity index (χ0n) is 15.3. The molecular formula is C19H26ClNO4. The first kappa shape index (κ1) is 19.6. The van der Waals surface area contributed by atoms with Crippen LogP contribution in [0.15, 0.2) is 24.3 Å². The van der Waals surface area contributed by atoms with Crippen LogP contribution < -0.4 is 0 Å². The molecule has 1 amide bonds. The van der Waals surface area contributed by atoms with E-state index in [9.17, 15) is 9.59 Å². The molecule has 1 fully saturated rings. The summed E-state index contributed by atoms with van der Waals surface area (Å²) in [5.74, 6) is -0.913. The van der Waals surface area contributed by atoms with Crippen molar-refractivity contribution in [1.29, 1.82) is 0 Å². The second kappa shape index (κ2) is 8.09. The van der Waals surface area contributed by atoms with Crippen LogP contribution in [0.25, 0.3) is 0 Å². The van der Waals surface area contributed by atoms with Crippen LogP contribution in [0.2, 0.25) is 5.02 Å². The molecule has 1 aromatic rings. The van der Waals surface area contributed by atoms with Crippen molar-refractivity contribution in [3.63, 3.8) is 0 Å². The van der Waals surface area contributed by atoms with Gasteiger partial charge in [-0.1, -0.05) is 23.7 Å². The van der Waals surface area contributed by atoms with Crippen LogP contribution in [0, 0.1) is 0 Å². The van der Waals surface area contributed by atoms with Crippen LogP contribution in [0.4, 0.5) is 4.79 Å². The van der Waals surface area contributed by atoms with E-state index in [-0.39, 0.29) is 18.6 Å². The summed E-state index contributed by atoms with van der Waals surface area (Å²) in [4.78, 5) is 26.7. The van der Waals surface area contributed by atoms with Crippen molar-refractivity contribution in [1.82, 2.24) is 4.90 Å². The summed E-state index contributed by atoms with van der Waals surface area (Å²) in [6, 6.07) is 7.18. The van der Waals surface area contributed by atoms with Gasteiger partial charge in [0.1, 0.15) is 5.60 Å². The fourth-order valence-corrected chi connectivity index (χ4v) is 2.66. The van der Waals surface area contributed by atoms with Gasteiger partial charge in [0.25, 0.3) is 0 Å². The lowest BCUT2D eigenvalue weighted by Gasteiger charge is -2.30. The highest BCUT2D eigenvalue weighted by Gasteiger charge is 2.38. The number of carbonyl (C=O) groups excluding carboxylic acids is 2. The maximum atomic E-state index is 12.6. The van der Waals surface area contributed by atoms with Crippen molar-refractivity contribution in [3.05, 3.63) is 34.9 Å². The predicted molar refractivity (Wildman–Crippen MR) is 96.8 cm³/mol. The molecule has 0 N–H and O–H groups in total. The van der Waals surface area contributed by atoms with Gasteiger partial charge >= 0.3 is 12.1 Å². The normalized spacial score (nSPS) is 15.4. The number of benzene rings is 1. The molecule has 25 heavy (non-hydrogen) atoms. The molecule has 1 aromatic carbocycles. The topological polar surface area (TPSA) is 55.8 Å². The summed E-state index contributed by atoms with van der Waals surface area (Å²) < 4.78 is 10.7. The molecule has 0 saturated heterocycles. The van der Waals surface area contributed by atoms with Gasteiger partial charge in [-0.05, 0) is 58.2 Å². The van der Waals surface area contributed by atoms with Gasteiger partial charge in [0.2, 0.25) is 0 Å². The summed E-state index contributed by atoms with van der Waals surface area (Å²) in [5.41, 5.74) is 0.196. The zero-order valence-corrected chi connectivity index (χ0v) is 16.0. The average molecular weight is 368 g/mol. The largest absolute Gasteiger partial charge is 0.465 e. The third-order valence-corrected chi connectivity index (χ3v) is 4.09. The first-order valence-electron chi connectivity index (χ1n) is 8.63. The van der Waals surface area contributed by atoms with Gasteiger partial charge in [0.05, 0.1) is 12.5 Å². The number of halogens is 1. The number of carbonyl (C=O) groups is 2. The predicted octanol–water partition coefficient (Wildman–Crippen LogP) is 4.39. The average Bonchev–Trinajstić information content (AvgIpc) is 3.32. The quantitative estimate of drug-likeness (QED) is 0.700. The van der Waals surface area contributed by atoms with Crippen molar-refractivity contribution in [3.8, 4) is 0 Å². The molecule has 1 saturated carbocycles. The van der Waals surface area contributed by atoms with E-state index >= 15 is 0 Å². The van der Waals surface area contributed by atoms with Gasteiger partial charge < -0.3 is 14.4 Å². The van der Waals surface area contributed by atoms with E-state index in [1.54, 1.807) is 36.1 Å². The fraction of sp³-hybridized carbons (Fsp3) is 0.579. The van der Waals surface area contributed by atoms with Crippen LogP contribution in [-0.4, -0.2) is 41.8 Å². The Bertz CT molecular complexity index is 605. The van der Waals surface area contributed by atoms with Gasteiger partial charge in [-0.3, -0.25) is 4.79 Å². The van der Waals surface area contributed by atoms with Crippen LogP contribution in [-0.2, 0) is 14.3 Å². The van der Waals surface area contributed by atoms with E-state index in [1.807, 2.05) is 20.8 Å². The lowest BCUT2D eigenvalue weighted by Crippen LogP contribution is -2.42.